The van der Waals surface area contributed by atoms with Crippen LogP contribution in [0.25, 0.3) is 0 Å². The quantitative estimate of drug-likeness (QED) is 0.867. The molecule has 3 N–H and O–H groups in total. The van der Waals surface area contributed by atoms with Crippen molar-refractivity contribution in [2.75, 3.05) is 7.11 Å². The zero-order chi connectivity index (χ0) is 13.9. The Kier molecular flexibility index (Phi) is 3.95. The molecule has 0 aromatic heterocycles. The van der Waals surface area contributed by atoms with Gasteiger partial charge >= 0.3 is 5.97 Å². The van der Waals surface area contributed by atoms with Gasteiger partial charge in [0, 0.05) is 12.5 Å². The molecule has 1 aromatic carbocycles. The van der Waals surface area contributed by atoms with Crippen LogP contribution in [-0.4, -0.2) is 29.8 Å². The summed E-state index contributed by atoms with van der Waals surface area (Å²) in [6.07, 6.45) is 2.25. The standard InChI is InChI=1S/C14H19NO4/c1-18-10-4-2-5-11(8-10)19-12-6-3-7-14(15,9-12)13(16)17/h2,4-5,8,12H,3,6-7,9,15H2,1H3,(H,16,17). The van der Waals surface area contributed by atoms with E-state index in [4.69, 9.17) is 20.3 Å². The summed E-state index contributed by atoms with van der Waals surface area (Å²) in [5, 5.41) is 9.16. The number of carboxylic acid groups (broad SMARTS) is 1. The van der Waals surface area contributed by atoms with Gasteiger partial charge in [-0.05, 0) is 31.4 Å². The zero-order valence-corrected chi connectivity index (χ0v) is 11.0. The van der Waals surface area contributed by atoms with Crippen LogP contribution >= 0.6 is 0 Å². The summed E-state index contributed by atoms with van der Waals surface area (Å²) in [5.41, 5.74) is 4.73. The minimum atomic E-state index is -1.16. The van der Waals surface area contributed by atoms with Crippen LogP contribution in [-0.2, 0) is 4.79 Å². The fourth-order valence-electron chi connectivity index (χ4n) is 2.42. The van der Waals surface area contributed by atoms with Crippen molar-refractivity contribution in [2.24, 2.45) is 5.73 Å². The second-order valence-electron chi connectivity index (χ2n) is 4.98. The van der Waals surface area contributed by atoms with Gasteiger partial charge in [-0.1, -0.05) is 6.07 Å². The maximum Gasteiger partial charge on any atom is 0.323 e. The van der Waals surface area contributed by atoms with E-state index in [1.807, 2.05) is 18.2 Å². The molecule has 0 heterocycles. The average molecular weight is 265 g/mol. The van der Waals surface area contributed by atoms with E-state index >= 15 is 0 Å². The molecule has 5 heteroatoms. The van der Waals surface area contributed by atoms with Crippen LogP contribution in [0.4, 0.5) is 0 Å². The fraction of sp³-hybridized carbons (Fsp3) is 0.500. The lowest BCUT2D eigenvalue weighted by Crippen LogP contribution is -2.53. The molecular weight excluding hydrogens is 246 g/mol. The van der Waals surface area contributed by atoms with Crippen LogP contribution in [0.15, 0.2) is 24.3 Å². The van der Waals surface area contributed by atoms with E-state index in [1.54, 1.807) is 13.2 Å². The van der Waals surface area contributed by atoms with E-state index in [-0.39, 0.29) is 6.10 Å². The number of hydrogen-bond donors (Lipinski definition) is 2. The SMILES string of the molecule is COc1cccc(OC2CCCC(N)(C(=O)O)C2)c1. The first-order valence-electron chi connectivity index (χ1n) is 6.36. The smallest absolute Gasteiger partial charge is 0.323 e. The number of benzene rings is 1. The topological polar surface area (TPSA) is 81.8 Å². The van der Waals surface area contributed by atoms with E-state index in [0.717, 1.165) is 12.8 Å². The first-order chi connectivity index (χ1) is 9.03. The number of carbonyl (C=O) groups is 1. The van der Waals surface area contributed by atoms with Crippen molar-refractivity contribution in [1.82, 2.24) is 0 Å². The highest BCUT2D eigenvalue weighted by atomic mass is 16.5. The molecule has 1 saturated carbocycles. The molecule has 0 bridgehead atoms. The number of rotatable bonds is 4. The third-order valence-corrected chi connectivity index (χ3v) is 3.51. The molecule has 2 rings (SSSR count). The van der Waals surface area contributed by atoms with Gasteiger partial charge < -0.3 is 20.3 Å². The van der Waals surface area contributed by atoms with E-state index in [1.165, 1.54) is 0 Å². The number of ether oxygens (including phenoxy) is 2. The van der Waals surface area contributed by atoms with E-state index in [2.05, 4.69) is 0 Å². The summed E-state index contributed by atoms with van der Waals surface area (Å²) in [6.45, 7) is 0. The molecule has 1 aliphatic carbocycles. The van der Waals surface area contributed by atoms with Crippen molar-refractivity contribution in [3.05, 3.63) is 24.3 Å². The number of nitrogens with two attached hydrogens (primary N) is 1. The molecule has 2 unspecified atom stereocenters. The minimum absolute atomic E-state index is 0.165. The Bertz CT molecular complexity index is 463. The molecule has 0 radical (unpaired) electrons. The zero-order valence-electron chi connectivity index (χ0n) is 11.0. The first-order valence-corrected chi connectivity index (χ1v) is 6.36. The van der Waals surface area contributed by atoms with Gasteiger partial charge in [0.2, 0.25) is 0 Å². The Morgan fingerprint density at radius 2 is 2.21 bits per heavy atom. The molecular formula is C14H19NO4. The third kappa shape index (κ3) is 3.17. The lowest BCUT2D eigenvalue weighted by Gasteiger charge is -2.34. The number of methoxy groups -OCH3 is 1. The molecule has 1 aromatic rings. The summed E-state index contributed by atoms with van der Waals surface area (Å²) in [6, 6.07) is 7.28. The Morgan fingerprint density at radius 1 is 1.47 bits per heavy atom. The van der Waals surface area contributed by atoms with Crippen LogP contribution in [0.1, 0.15) is 25.7 Å². The maximum atomic E-state index is 11.2. The van der Waals surface area contributed by atoms with Gasteiger partial charge in [-0.15, -0.1) is 0 Å². The molecule has 19 heavy (non-hydrogen) atoms. The highest BCUT2D eigenvalue weighted by Gasteiger charge is 2.40. The molecule has 0 spiro atoms. The monoisotopic (exact) mass is 265 g/mol. The van der Waals surface area contributed by atoms with Crippen molar-refractivity contribution in [2.45, 2.75) is 37.3 Å². The van der Waals surface area contributed by atoms with Crippen molar-refractivity contribution >= 4 is 5.97 Å². The third-order valence-electron chi connectivity index (χ3n) is 3.51. The predicted octanol–water partition coefficient (Wildman–Crippen LogP) is 1.80. The Balaban J connectivity index is 2.04. The van der Waals surface area contributed by atoms with Gasteiger partial charge in [-0.25, -0.2) is 0 Å². The lowest BCUT2D eigenvalue weighted by molar-refractivity contribution is -0.145. The summed E-state index contributed by atoms with van der Waals surface area (Å²) >= 11 is 0. The molecule has 0 amide bonds. The minimum Gasteiger partial charge on any atom is -0.497 e. The molecule has 0 aliphatic heterocycles. The largest absolute Gasteiger partial charge is 0.497 e. The Hall–Kier alpha value is -1.75. The van der Waals surface area contributed by atoms with E-state index < -0.39 is 11.5 Å². The normalized spacial score (nSPS) is 26.7. The molecule has 1 fully saturated rings. The summed E-state index contributed by atoms with van der Waals surface area (Å²) in [4.78, 5) is 11.2. The fourth-order valence-corrected chi connectivity index (χ4v) is 2.42. The van der Waals surface area contributed by atoms with Gasteiger partial charge in [0.25, 0.3) is 0 Å². The van der Waals surface area contributed by atoms with E-state index in [9.17, 15) is 4.79 Å². The predicted molar refractivity (Wildman–Crippen MR) is 70.4 cm³/mol. The van der Waals surface area contributed by atoms with Crippen molar-refractivity contribution < 1.29 is 19.4 Å². The van der Waals surface area contributed by atoms with Crippen LogP contribution in [0.2, 0.25) is 0 Å². The van der Waals surface area contributed by atoms with Crippen molar-refractivity contribution in [1.29, 1.82) is 0 Å². The van der Waals surface area contributed by atoms with Crippen LogP contribution in [0, 0.1) is 0 Å². The summed E-state index contributed by atoms with van der Waals surface area (Å²) < 4.78 is 10.9. The van der Waals surface area contributed by atoms with Gasteiger partial charge in [0.1, 0.15) is 23.1 Å². The van der Waals surface area contributed by atoms with Crippen LogP contribution < -0.4 is 15.2 Å². The Labute approximate surface area is 112 Å². The molecule has 1 aliphatic rings. The number of carboxylic acids is 1. The second kappa shape index (κ2) is 5.48. The molecule has 5 nitrogen and oxygen atoms in total. The highest BCUT2D eigenvalue weighted by molar-refractivity contribution is 5.78. The van der Waals surface area contributed by atoms with Crippen molar-refractivity contribution in [3.8, 4) is 11.5 Å². The molecule has 2 atom stereocenters. The first kappa shape index (κ1) is 13.7. The highest BCUT2D eigenvalue weighted by Crippen LogP contribution is 2.30. The van der Waals surface area contributed by atoms with Crippen LogP contribution in [0.3, 0.4) is 0 Å². The van der Waals surface area contributed by atoms with E-state index in [0.29, 0.717) is 24.3 Å². The Morgan fingerprint density at radius 3 is 2.89 bits per heavy atom. The van der Waals surface area contributed by atoms with Gasteiger partial charge in [-0.3, -0.25) is 4.79 Å². The number of hydrogen-bond acceptors (Lipinski definition) is 4. The summed E-state index contributed by atoms with van der Waals surface area (Å²) in [5.74, 6) is 0.441. The maximum absolute atomic E-state index is 11.2. The average Bonchev–Trinajstić information content (AvgIpc) is 2.39. The van der Waals surface area contributed by atoms with Gasteiger partial charge in [-0.2, -0.15) is 0 Å². The van der Waals surface area contributed by atoms with Crippen molar-refractivity contribution in [3.63, 3.8) is 0 Å². The van der Waals surface area contributed by atoms with Crippen LogP contribution in [0.5, 0.6) is 11.5 Å². The molecule has 104 valence electrons. The van der Waals surface area contributed by atoms with Gasteiger partial charge in [0.05, 0.1) is 7.11 Å². The lowest BCUT2D eigenvalue weighted by atomic mass is 9.81. The molecule has 0 saturated heterocycles. The number of aliphatic carboxylic acids is 1. The van der Waals surface area contributed by atoms with Gasteiger partial charge in [0.15, 0.2) is 0 Å². The summed E-state index contributed by atoms with van der Waals surface area (Å²) in [7, 11) is 1.59. The second-order valence-corrected chi connectivity index (χ2v) is 4.98.